The van der Waals surface area contributed by atoms with Crippen molar-refractivity contribution in [3.63, 3.8) is 0 Å². The minimum absolute atomic E-state index is 0.0972. The van der Waals surface area contributed by atoms with E-state index in [1.54, 1.807) is 17.0 Å². The van der Waals surface area contributed by atoms with E-state index in [1.165, 1.54) is 19.1 Å². The fraction of sp³-hybridized carbons (Fsp3) is 0.485. The Balaban J connectivity index is 1.64. The summed E-state index contributed by atoms with van der Waals surface area (Å²) in [7, 11) is 0. The van der Waals surface area contributed by atoms with Gasteiger partial charge in [0.2, 0.25) is 29.5 Å². The molecule has 1 fully saturated rings. The minimum Gasteiger partial charge on any atom is -0.508 e. The van der Waals surface area contributed by atoms with Crippen LogP contribution in [0.25, 0.3) is 0 Å². The third-order valence-electron chi connectivity index (χ3n) is 7.50. The molecule has 1 aliphatic heterocycles. The second kappa shape index (κ2) is 15.5. The molecule has 1 saturated heterocycles. The van der Waals surface area contributed by atoms with Gasteiger partial charge in [0.1, 0.15) is 23.9 Å². The van der Waals surface area contributed by atoms with Crippen LogP contribution in [0.1, 0.15) is 52.2 Å². The summed E-state index contributed by atoms with van der Waals surface area (Å²) in [5, 5.41) is 20.2. The highest BCUT2D eigenvalue weighted by Gasteiger charge is 2.43. The van der Waals surface area contributed by atoms with E-state index < -0.39 is 54.0 Å². The number of carbonyl (C=O) groups excluding carboxylic acids is 5. The highest BCUT2D eigenvalue weighted by molar-refractivity contribution is 5.95. The molecule has 3 rings (SSSR count). The SMILES string of the molecule is CC(C)CC1C(=O)NC(C)(C)CN1C(=O)[C@H](Cc1ccccc1)NC(=O)CNC(=O)[C@@H](C)NC(=O)[C@@H](N)Cc1ccc(O)cc1. The van der Waals surface area contributed by atoms with Gasteiger partial charge in [0, 0.05) is 13.0 Å². The van der Waals surface area contributed by atoms with Crippen LogP contribution >= 0.6 is 0 Å². The molecular formula is C33H46N6O6. The van der Waals surface area contributed by atoms with E-state index in [4.69, 9.17) is 5.73 Å². The normalized spacial score (nSPS) is 17.9. The molecule has 0 aromatic heterocycles. The Morgan fingerprint density at radius 1 is 0.956 bits per heavy atom. The molecule has 2 aromatic carbocycles. The molecule has 0 saturated carbocycles. The third kappa shape index (κ3) is 10.6. The largest absolute Gasteiger partial charge is 0.508 e. The minimum atomic E-state index is -0.983. The van der Waals surface area contributed by atoms with Crippen LogP contribution in [0.2, 0.25) is 0 Å². The molecule has 244 valence electrons. The Labute approximate surface area is 264 Å². The molecule has 12 nitrogen and oxygen atoms in total. The second-order valence-electron chi connectivity index (χ2n) is 12.7. The Bertz CT molecular complexity index is 1350. The van der Waals surface area contributed by atoms with Crippen molar-refractivity contribution in [2.24, 2.45) is 11.7 Å². The molecule has 1 aliphatic rings. The van der Waals surface area contributed by atoms with Crippen molar-refractivity contribution < 1.29 is 29.1 Å². The van der Waals surface area contributed by atoms with Gasteiger partial charge in [-0.1, -0.05) is 56.3 Å². The number of carbonyl (C=O) groups is 5. The number of hydrogen-bond donors (Lipinski definition) is 6. The third-order valence-corrected chi connectivity index (χ3v) is 7.50. The highest BCUT2D eigenvalue weighted by atomic mass is 16.3. The van der Waals surface area contributed by atoms with E-state index in [0.29, 0.717) is 6.42 Å². The Kier molecular flexibility index (Phi) is 12.1. The van der Waals surface area contributed by atoms with Crippen LogP contribution in [0.4, 0.5) is 0 Å². The molecule has 0 bridgehead atoms. The summed E-state index contributed by atoms with van der Waals surface area (Å²) in [5.41, 5.74) is 6.91. The van der Waals surface area contributed by atoms with Gasteiger partial charge in [0.05, 0.1) is 18.1 Å². The van der Waals surface area contributed by atoms with Crippen LogP contribution in [0.15, 0.2) is 54.6 Å². The number of phenols is 1. The average Bonchev–Trinajstić information content (AvgIpc) is 2.97. The van der Waals surface area contributed by atoms with Gasteiger partial charge in [0.15, 0.2) is 0 Å². The Hall–Kier alpha value is -4.45. The summed E-state index contributed by atoms with van der Waals surface area (Å²) < 4.78 is 0. The molecular weight excluding hydrogens is 576 g/mol. The number of nitrogens with zero attached hydrogens (tertiary/aromatic N) is 1. The molecule has 0 radical (unpaired) electrons. The quantitative estimate of drug-likeness (QED) is 0.191. The van der Waals surface area contributed by atoms with Gasteiger partial charge in [-0.15, -0.1) is 0 Å². The smallest absolute Gasteiger partial charge is 0.246 e. The van der Waals surface area contributed by atoms with Crippen LogP contribution in [0.3, 0.4) is 0 Å². The first-order valence-electron chi connectivity index (χ1n) is 15.2. The van der Waals surface area contributed by atoms with Crippen LogP contribution < -0.4 is 27.0 Å². The number of benzene rings is 2. The molecule has 12 heteroatoms. The van der Waals surface area contributed by atoms with Gasteiger partial charge in [-0.25, -0.2) is 0 Å². The van der Waals surface area contributed by atoms with Crippen molar-refractivity contribution in [3.8, 4) is 5.75 Å². The number of amides is 5. The number of nitrogens with one attached hydrogen (secondary N) is 4. The van der Waals surface area contributed by atoms with E-state index in [-0.39, 0.29) is 42.9 Å². The van der Waals surface area contributed by atoms with Crippen LogP contribution in [-0.4, -0.2) is 82.3 Å². The lowest BCUT2D eigenvalue weighted by atomic mass is 9.92. The molecule has 0 aliphatic carbocycles. The van der Waals surface area contributed by atoms with Crippen LogP contribution in [0, 0.1) is 5.92 Å². The number of piperazine rings is 1. The first kappa shape index (κ1) is 35.0. The number of rotatable bonds is 13. The fourth-order valence-corrected chi connectivity index (χ4v) is 5.23. The average molecular weight is 623 g/mol. The van der Waals surface area contributed by atoms with Crippen molar-refractivity contribution in [2.45, 2.75) is 83.6 Å². The summed E-state index contributed by atoms with van der Waals surface area (Å²) >= 11 is 0. The molecule has 5 amide bonds. The maximum Gasteiger partial charge on any atom is 0.246 e. The Morgan fingerprint density at radius 2 is 1.58 bits per heavy atom. The molecule has 1 unspecified atom stereocenters. The predicted octanol–water partition coefficient (Wildman–Crippen LogP) is 0.762. The lowest BCUT2D eigenvalue weighted by molar-refractivity contribution is -0.149. The number of hydrogen-bond acceptors (Lipinski definition) is 7. The van der Waals surface area contributed by atoms with E-state index >= 15 is 0 Å². The van der Waals surface area contributed by atoms with E-state index in [1.807, 2.05) is 58.0 Å². The van der Waals surface area contributed by atoms with E-state index in [0.717, 1.165) is 11.1 Å². The van der Waals surface area contributed by atoms with E-state index in [2.05, 4.69) is 21.3 Å². The number of nitrogens with two attached hydrogens (primary N) is 1. The maximum absolute atomic E-state index is 14.0. The zero-order chi connectivity index (χ0) is 33.3. The van der Waals surface area contributed by atoms with Crippen molar-refractivity contribution in [1.82, 2.24) is 26.2 Å². The zero-order valence-electron chi connectivity index (χ0n) is 26.6. The topological polar surface area (TPSA) is 183 Å². The van der Waals surface area contributed by atoms with E-state index in [9.17, 15) is 29.1 Å². The fourth-order valence-electron chi connectivity index (χ4n) is 5.23. The Morgan fingerprint density at radius 3 is 2.20 bits per heavy atom. The predicted molar refractivity (Wildman–Crippen MR) is 170 cm³/mol. The molecule has 4 atom stereocenters. The molecule has 45 heavy (non-hydrogen) atoms. The summed E-state index contributed by atoms with van der Waals surface area (Å²) in [4.78, 5) is 67.0. The summed E-state index contributed by atoms with van der Waals surface area (Å²) in [6, 6.07) is 11.9. The second-order valence-corrected chi connectivity index (χ2v) is 12.7. The summed E-state index contributed by atoms with van der Waals surface area (Å²) in [6.07, 6.45) is 0.864. The first-order chi connectivity index (χ1) is 21.1. The first-order valence-corrected chi connectivity index (χ1v) is 15.2. The molecule has 0 spiro atoms. The number of aromatic hydroxyl groups is 1. The van der Waals surface area contributed by atoms with Gasteiger partial charge in [-0.2, -0.15) is 0 Å². The van der Waals surface area contributed by atoms with Crippen molar-refractivity contribution >= 4 is 29.5 Å². The van der Waals surface area contributed by atoms with Crippen LogP contribution in [-0.2, 0) is 36.8 Å². The van der Waals surface area contributed by atoms with Gasteiger partial charge in [-0.3, -0.25) is 24.0 Å². The highest BCUT2D eigenvalue weighted by Crippen LogP contribution is 2.23. The molecule has 7 N–H and O–H groups in total. The lowest BCUT2D eigenvalue weighted by Gasteiger charge is -2.45. The van der Waals surface area contributed by atoms with Gasteiger partial charge >= 0.3 is 0 Å². The molecule has 2 aromatic rings. The number of phenolic OH excluding ortho intramolecular Hbond substituents is 1. The van der Waals surface area contributed by atoms with Crippen molar-refractivity contribution in [2.75, 3.05) is 13.1 Å². The standard InChI is InChI=1S/C33H46N6O6/c1-20(2)15-27-31(44)38-33(4,5)19-39(27)32(45)26(17-22-9-7-6-8-10-22)37-28(41)18-35-29(42)21(3)36-30(43)25(34)16-23-11-13-24(40)14-12-23/h6-14,20-21,25-27,40H,15-19,34H2,1-5H3,(H,35,42)(H,36,43)(H,37,41)(H,38,44)/t21-,25+,26+,27?/m1/s1. The van der Waals surface area contributed by atoms with Gasteiger partial charge in [0.25, 0.3) is 0 Å². The van der Waals surface area contributed by atoms with Crippen molar-refractivity contribution in [1.29, 1.82) is 0 Å². The maximum atomic E-state index is 14.0. The van der Waals surface area contributed by atoms with Crippen molar-refractivity contribution in [3.05, 3.63) is 65.7 Å². The monoisotopic (exact) mass is 622 g/mol. The van der Waals surface area contributed by atoms with Gasteiger partial charge in [-0.05, 0) is 62.8 Å². The lowest BCUT2D eigenvalue weighted by Crippen LogP contribution is -2.68. The molecule has 1 heterocycles. The van der Waals surface area contributed by atoms with Crippen LogP contribution in [0.5, 0.6) is 5.75 Å². The zero-order valence-corrected chi connectivity index (χ0v) is 26.6. The van der Waals surface area contributed by atoms with Gasteiger partial charge < -0.3 is 37.0 Å². The summed E-state index contributed by atoms with van der Waals surface area (Å²) in [6.45, 7) is 8.97. The summed E-state index contributed by atoms with van der Waals surface area (Å²) in [5.74, 6) is -2.11.